The van der Waals surface area contributed by atoms with Gasteiger partial charge in [0, 0.05) is 12.8 Å². The van der Waals surface area contributed by atoms with Crippen LogP contribution in [0.4, 0.5) is 0 Å². The topological polar surface area (TPSA) is 231 Å². The van der Waals surface area contributed by atoms with Gasteiger partial charge in [0.05, 0.1) is 19.8 Å². The van der Waals surface area contributed by atoms with Crippen molar-refractivity contribution in [3.8, 4) is 0 Å². The molecule has 0 radical (unpaired) electrons. The lowest BCUT2D eigenvalue weighted by Gasteiger charge is -2.42. The lowest BCUT2D eigenvalue weighted by molar-refractivity contribution is -0.332. The number of carbonyl (C=O) groups is 2. The maximum absolute atomic E-state index is 13.0. The molecule has 0 aromatic carbocycles. The molecule has 7 N–H and O–H groups in total. The number of allylic oxidation sites excluding steroid dienone is 2. The van der Waals surface area contributed by atoms with Gasteiger partial charge in [0.25, 0.3) is 0 Å². The van der Waals surface area contributed by atoms with E-state index in [1.165, 1.54) is 122 Å². The second-order valence-electron chi connectivity index (χ2n) is 19.4. The number of rotatable bonds is 43. The van der Waals surface area contributed by atoms with Crippen LogP contribution in [0.15, 0.2) is 12.2 Å². The van der Waals surface area contributed by atoms with Crippen LogP contribution in [0.5, 0.6) is 0 Å². The summed E-state index contributed by atoms with van der Waals surface area (Å²) >= 11 is 0. The van der Waals surface area contributed by atoms with Crippen molar-refractivity contribution in [3.63, 3.8) is 0 Å². The Hall–Kier alpha value is -1.76. The molecule has 0 aromatic heterocycles. The highest BCUT2D eigenvalue weighted by Gasteiger charge is 2.47. The van der Waals surface area contributed by atoms with Gasteiger partial charge >= 0.3 is 11.9 Å². The molecule has 0 saturated carbocycles. The number of esters is 2. The van der Waals surface area contributed by atoms with Gasteiger partial charge in [0.1, 0.15) is 55.4 Å². The van der Waals surface area contributed by atoms with Crippen LogP contribution < -0.4 is 0 Å². The second-order valence-corrected chi connectivity index (χ2v) is 19.4. The molecule has 0 aliphatic carbocycles. The zero-order valence-corrected chi connectivity index (χ0v) is 42.4. The molecule has 2 heterocycles. The molecule has 68 heavy (non-hydrogen) atoms. The highest BCUT2D eigenvalue weighted by Crippen LogP contribution is 2.27. The van der Waals surface area contributed by atoms with Crippen LogP contribution in [-0.2, 0) is 38.0 Å². The van der Waals surface area contributed by atoms with Crippen LogP contribution in [0, 0.1) is 0 Å². The molecule has 2 saturated heterocycles. The quantitative estimate of drug-likeness (QED) is 0.0174. The molecular weight excluding hydrogens is 877 g/mol. The van der Waals surface area contributed by atoms with Crippen LogP contribution in [0.2, 0.25) is 0 Å². The maximum atomic E-state index is 13.0. The minimum atomic E-state index is -1.76. The predicted molar refractivity (Wildman–Crippen MR) is 261 cm³/mol. The van der Waals surface area contributed by atoms with E-state index in [0.717, 1.165) is 57.8 Å². The predicted octanol–water partition coefficient (Wildman–Crippen LogP) is 8.16. The Morgan fingerprint density at radius 1 is 0.456 bits per heavy atom. The molecule has 15 heteroatoms. The van der Waals surface area contributed by atoms with Gasteiger partial charge in [-0.25, -0.2) is 0 Å². The van der Waals surface area contributed by atoms with Gasteiger partial charge in [0.2, 0.25) is 0 Å². The Labute approximate surface area is 410 Å². The zero-order valence-electron chi connectivity index (χ0n) is 42.4. The van der Waals surface area contributed by atoms with Crippen molar-refractivity contribution >= 4 is 11.9 Å². The van der Waals surface area contributed by atoms with Gasteiger partial charge in [0.15, 0.2) is 18.7 Å². The van der Waals surface area contributed by atoms with Crippen molar-refractivity contribution in [3.05, 3.63) is 12.2 Å². The molecule has 400 valence electrons. The van der Waals surface area contributed by atoms with Crippen molar-refractivity contribution in [1.82, 2.24) is 0 Å². The molecule has 11 unspecified atom stereocenters. The summed E-state index contributed by atoms with van der Waals surface area (Å²) in [6, 6.07) is 0. The Morgan fingerprint density at radius 2 is 0.838 bits per heavy atom. The summed E-state index contributed by atoms with van der Waals surface area (Å²) in [5, 5.41) is 72.1. The van der Waals surface area contributed by atoms with Gasteiger partial charge < -0.3 is 64.2 Å². The van der Waals surface area contributed by atoms with Gasteiger partial charge in [-0.05, 0) is 38.5 Å². The summed E-state index contributed by atoms with van der Waals surface area (Å²) in [5.74, 6) is -0.922. The molecule has 0 amide bonds. The third-order valence-electron chi connectivity index (χ3n) is 13.2. The van der Waals surface area contributed by atoms with E-state index in [9.17, 15) is 45.3 Å². The minimum Gasteiger partial charge on any atom is -0.462 e. The third kappa shape index (κ3) is 28.3. The Kier molecular flexibility index (Phi) is 37.4. The fourth-order valence-corrected chi connectivity index (χ4v) is 8.74. The first-order chi connectivity index (χ1) is 33.0. The number of aliphatic hydroxyl groups is 7. The second kappa shape index (κ2) is 40.8. The van der Waals surface area contributed by atoms with E-state index in [2.05, 4.69) is 26.0 Å². The highest BCUT2D eigenvalue weighted by atomic mass is 16.7. The fraction of sp³-hybridized carbons (Fsp3) is 0.925. The first-order valence-electron chi connectivity index (χ1n) is 27.3. The number of aliphatic hydroxyl groups excluding tert-OH is 7. The van der Waals surface area contributed by atoms with Crippen molar-refractivity contribution in [2.24, 2.45) is 0 Å². The largest absolute Gasteiger partial charge is 0.462 e. The van der Waals surface area contributed by atoms with Gasteiger partial charge in [-0.15, -0.1) is 0 Å². The minimum absolute atomic E-state index is 0.159. The van der Waals surface area contributed by atoms with E-state index in [1.807, 2.05) is 0 Å². The van der Waals surface area contributed by atoms with Crippen molar-refractivity contribution < 1.29 is 73.8 Å². The van der Waals surface area contributed by atoms with Gasteiger partial charge in [-0.2, -0.15) is 0 Å². The summed E-state index contributed by atoms with van der Waals surface area (Å²) in [4.78, 5) is 25.8. The average molecular weight is 975 g/mol. The third-order valence-corrected chi connectivity index (χ3v) is 13.2. The number of carbonyl (C=O) groups excluding carboxylic acids is 2. The fourth-order valence-electron chi connectivity index (χ4n) is 8.74. The molecular formula is C53H98O15. The zero-order chi connectivity index (χ0) is 49.6. The van der Waals surface area contributed by atoms with Crippen LogP contribution in [0.3, 0.4) is 0 Å². The maximum Gasteiger partial charge on any atom is 0.306 e. The highest BCUT2D eigenvalue weighted by molar-refractivity contribution is 5.70. The van der Waals surface area contributed by atoms with Crippen molar-refractivity contribution in [2.75, 3.05) is 26.4 Å². The first kappa shape index (κ1) is 62.4. The van der Waals surface area contributed by atoms with Crippen LogP contribution in [-0.4, -0.2) is 142 Å². The first-order valence-corrected chi connectivity index (χ1v) is 27.3. The molecule has 0 bridgehead atoms. The van der Waals surface area contributed by atoms with Crippen LogP contribution >= 0.6 is 0 Å². The van der Waals surface area contributed by atoms with Gasteiger partial charge in [-0.3, -0.25) is 9.59 Å². The summed E-state index contributed by atoms with van der Waals surface area (Å²) in [6.45, 7) is 2.61. The standard InChI is InChI=1S/C53H98O15/c1-3-5-7-9-11-13-15-17-19-20-22-23-25-27-29-31-33-35-44(55)63-38-41(66-45(56)36-34-32-30-28-26-24-21-18-16-14-12-10-8-6-4-2)39-64-52-51(62)49(60)47(58)43(68-52)40-65-53-50(61)48(59)46(57)42(37-54)67-53/h18,21,41-43,46-54,57-62H,3-17,19-20,22-40H2,1-2H3/b21-18-. The Bertz CT molecular complexity index is 1240. The van der Waals surface area contributed by atoms with E-state index in [0.29, 0.717) is 12.8 Å². The van der Waals surface area contributed by atoms with E-state index in [1.54, 1.807) is 0 Å². The molecule has 0 aromatic rings. The lowest BCUT2D eigenvalue weighted by Crippen LogP contribution is -2.61. The SMILES string of the molecule is CCCCCCCC/C=C\CCCCCCCC(=O)OC(COC(=O)CCCCCCCCCCCCCCCCCCC)COC1OC(COC2OC(CO)C(O)C(O)C2O)C(O)C(O)C1O. The molecule has 2 fully saturated rings. The summed E-state index contributed by atoms with van der Waals surface area (Å²) < 4.78 is 33.6. The molecule has 2 aliphatic heterocycles. The van der Waals surface area contributed by atoms with Gasteiger partial charge in [-0.1, -0.05) is 180 Å². The van der Waals surface area contributed by atoms with E-state index < -0.39 is 92.7 Å². The van der Waals surface area contributed by atoms with Crippen LogP contribution in [0.25, 0.3) is 0 Å². The summed E-state index contributed by atoms with van der Waals surface area (Å²) in [6.07, 6.45) is 23.8. The molecule has 11 atom stereocenters. The van der Waals surface area contributed by atoms with E-state index >= 15 is 0 Å². The number of hydrogen-bond donors (Lipinski definition) is 7. The molecule has 15 nitrogen and oxygen atoms in total. The van der Waals surface area contributed by atoms with E-state index in [-0.39, 0.29) is 26.1 Å². The monoisotopic (exact) mass is 975 g/mol. The number of unbranched alkanes of at least 4 members (excludes halogenated alkanes) is 27. The lowest BCUT2D eigenvalue weighted by atomic mass is 9.98. The summed E-state index contributed by atoms with van der Waals surface area (Å²) in [5.41, 5.74) is 0. The number of hydrogen-bond acceptors (Lipinski definition) is 15. The Balaban J connectivity index is 1.78. The normalized spacial score (nSPS) is 25.8. The molecule has 2 rings (SSSR count). The average Bonchev–Trinajstić information content (AvgIpc) is 3.33. The van der Waals surface area contributed by atoms with E-state index in [4.69, 9.17) is 28.4 Å². The van der Waals surface area contributed by atoms with Crippen molar-refractivity contribution in [1.29, 1.82) is 0 Å². The molecule has 2 aliphatic rings. The van der Waals surface area contributed by atoms with Crippen LogP contribution in [0.1, 0.15) is 219 Å². The van der Waals surface area contributed by atoms with Crippen molar-refractivity contribution in [2.45, 2.75) is 287 Å². The number of ether oxygens (including phenoxy) is 6. The molecule has 0 spiro atoms. The Morgan fingerprint density at radius 3 is 1.29 bits per heavy atom. The smallest absolute Gasteiger partial charge is 0.306 e. The summed E-state index contributed by atoms with van der Waals surface area (Å²) in [7, 11) is 0.